The van der Waals surface area contributed by atoms with E-state index in [1.165, 1.54) is 11.1 Å². The number of benzene rings is 2. The highest BCUT2D eigenvalue weighted by Gasteiger charge is 2.13. The molecular formula is C18H16N4. The molecule has 0 N–H and O–H groups in total. The lowest BCUT2D eigenvalue weighted by Crippen LogP contribution is -1.99. The molecule has 108 valence electrons. The van der Waals surface area contributed by atoms with Gasteiger partial charge in [0, 0.05) is 16.3 Å². The molecule has 0 aliphatic rings. The Labute approximate surface area is 128 Å². The highest BCUT2D eigenvalue weighted by atomic mass is 15.4. The Hall–Kier alpha value is -2.75. The van der Waals surface area contributed by atoms with Crippen molar-refractivity contribution in [2.75, 3.05) is 0 Å². The van der Waals surface area contributed by atoms with Gasteiger partial charge < -0.3 is 0 Å². The zero-order valence-electron chi connectivity index (χ0n) is 12.8. The standard InChI is InChI=1S/C18H16N4/c1-11-8-9-14(10-12(11)2)17-15-6-4-5-7-16(15)18-20-19-13(3)22(18)21-17/h4-10H,1-3H3. The number of rotatable bonds is 1. The van der Waals surface area contributed by atoms with Gasteiger partial charge in [0.2, 0.25) is 0 Å². The molecule has 0 aliphatic carbocycles. The topological polar surface area (TPSA) is 43.1 Å². The molecule has 2 heterocycles. The molecule has 4 nitrogen and oxygen atoms in total. The first-order valence-corrected chi connectivity index (χ1v) is 7.33. The van der Waals surface area contributed by atoms with Crippen LogP contribution in [0.15, 0.2) is 42.5 Å². The summed E-state index contributed by atoms with van der Waals surface area (Å²) in [6.07, 6.45) is 0. The minimum absolute atomic E-state index is 0.797. The van der Waals surface area contributed by atoms with E-state index in [1.807, 2.05) is 23.6 Å². The van der Waals surface area contributed by atoms with Gasteiger partial charge in [0.25, 0.3) is 0 Å². The lowest BCUT2D eigenvalue weighted by molar-refractivity contribution is 0.886. The van der Waals surface area contributed by atoms with Gasteiger partial charge in [0.15, 0.2) is 11.5 Å². The highest BCUT2D eigenvalue weighted by molar-refractivity contribution is 6.01. The van der Waals surface area contributed by atoms with E-state index in [2.05, 4.69) is 54.4 Å². The summed E-state index contributed by atoms with van der Waals surface area (Å²) in [4.78, 5) is 0. The summed E-state index contributed by atoms with van der Waals surface area (Å²) in [7, 11) is 0. The monoisotopic (exact) mass is 288 g/mol. The molecule has 0 spiro atoms. The molecule has 4 rings (SSSR count). The van der Waals surface area contributed by atoms with E-state index in [0.717, 1.165) is 33.5 Å². The molecule has 4 aromatic rings. The average Bonchev–Trinajstić information content (AvgIpc) is 2.91. The molecule has 0 unspecified atom stereocenters. The molecule has 0 amide bonds. The van der Waals surface area contributed by atoms with E-state index in [9.17, 15) is 0 Å². The molecule has 0 fully saturated rings. The van der Waals surface area contributed by atoms with Crippen LogP contribution in [0.1, 0.15) is 17.0 Å². The van der Waals surface area contributed by atoms with E-state index in [-0.39, 0.29) is 0 Å². The van der Waals surface area contributed by atoms with Crippen molar-refractivity contribution >= 4 is 16.4 Å². The van der Waals surface area contributed by atoms with Crippen molar-refractivity contribution in [3.63, 3.8) is 0 Å². The van der Waals surface area contributed by atoms with Crippen molar-refractivity contribution in [1.29, 1.82) is 0 Å². The van der Waals surface area contributed by atoms with E-state index in [1.54, 1.807) is 0 Å². The Morgan fingerprint density at radius 2 is 1.59 bits per heavy atom. The molecule has 0 saturated heterocycles. The second-order valence-corrected chi connectivity index (χ2v) is 5.68. The first-order chi connectivity index (χ1) is 10.6. The number of aryl methyl sites for hydroxylation is 3. The van der Waals surface area contributed by atoms with Crippen molar-refractivity contribution in [2.45, 2.75) is 20.8 Å². The number of nitrogens with zero attached hydrogens (tertiary/aromatic N) is 4. The van der Waals surface area contributed by atoms with Gasteiger partial charge >= 0.3 is 0 Å². The van der Waals surface area contributed by atoms with Gasteiger partial charge in [-0.1, -0.05) is 36.4 Å². The molecule has 0 aliphatic heterocycles. The van der Waals surface area contributed by atoms with E-state index in [0.29, 0.717) is 0 Å². The van der Waals surface area contributed by atoms with Crippen molar-refractivity contribution in [3.05, 3.63) is 59.4 Å². The predicted octanol–water partition coefficient (Wildman–Crippen LogP) is 3.87. The van der Waals surface area contributed by atoms with Crippen LogP contribution in [-0.4, -0.2) is 19.8 Å². The van der Waals surface area contributed by atoms with Gasteiger partial charge in [-0.15, -0.1) is 10.2 Å². The summed E-state index contributed by atoms with van der Waals surface area (Å²) in [5.41, 5.74) is 5.45. The lowest BCUT2D eigenvalue weighted by atomic mass is 10.0. The number of fused-ring (bicyclic) bond motifs is 3. The first kappa shape index (κ1) is 13.0. The van der Waals surface area contributed by atoms with E-state index in [4.69, 9.17) is 5.10 Å². The second kappa shape index (κ2) is 4.63. The fourth-order valence-corrected chi connectivity index (χ4v) is 2.79. The summed E-state index contributed by atoms with van der Waals surface area (Å²) in [6.45, 7) is 6.17. The molecule has 22 heavy (non-hydrogen) atoms. The van der Waals surface area contributed by atoms with Crippen molar-refractivity contribution < 1.29 is 0 Å². The first-order valence-electron chi connectivity index (χ1n) is 7.33. The van der Waals surface area contributed by atoms with Crippen LogP contribution >= 0.6 is 0 Å². The number of hydrogen-bond acceptors (Lipinski definition) is 3. The lowest BCUT2D eigenvalue weighted by Gasteiger charge is -2.09. The van der Waals surface area contributed by atoms with E-state index < -0.39 is 0 Å². The van der Waals surface area contributed by atoms with Gasteiger partial charge in [-0.2, -0.15) is 9.61 Å². The molecule has 4 heteroatoms. The normalized spacial score (nSPS) is 11.4. The van der Waals surface area contributed by atoms with Crippen LogP contribution in [0.4, 0.5) is 0 Å². The molecule has 0 atom stereocenters. The molecule has 0 bridgehead atoms. The third-order valence-corrected chi connectivity index (χ3v) is 4.20. The van der Waals surface area contributed by atoms with Crippen LogP contribution in [0.3, 0.4) is 0 Å². The largest absolute Gasteiger partial charge is 0.196 e. The Balaban J connectivity index is 2.14. The molecule has 0 radical (unpaired) electrons. The summed E-state index contributed by atoms with van der Waals surface area (Å²) in [5.74, 6) is 0.797. The fourth-order valence-electron chi connectivity index (χ4n) is 2.79. The minimum atomic E-state index is 0.797. The van der Waals surface area contributed by atoms with Crippen LogP contribution in [0.25, 0.3) is 27.7 Å². The van der Waals surface area contributed by atoms with Gasteiger partial charge in [0.1, 0.15) is 0 Å². The smallest absolute Gasteiger partial charge is 0.185 e. The Morgan fingerprint density at radius 3 is 2.36 bits per heavy atom. The molecular weight excluding hydrogens is 272 g/mol. The predicted molar refractivity (Wildman–Crippen MR) is 87.9 cm³/mol. The maximum atomic E-state index is 4.80. The molecule has 2 aromatic heterocycles. The summed E-state index contributed by atoms with van der Waals surface area (Å²) < 4.78 is 1.83. The van der Waals surface area contributed by atoms with Crippen LogP contribution < -0.4 is 0 Å². The zero-order chi connectivity index (χ0) is 15.3. The Morgan fingerprint density at radius 1 is 0.818 bits per heavy atom. The Kier molecular flexibility index (Phi) is 2.73. The fraction of sp³-hybridized carbons (Fsp3) is 0.167. The van der Waals surface area contributed by atoms with Crippen molar-refractivity contribution in [1.82, 2.24) is 19.8 Å². The van der Waals surface area contributed by atoms with Gasteiger partial charge in [0.05, 0.1) is 5.69 Å². The summed E-state index contributed by atoms with van der Waals surface area (Å²) >= 11 is 0. The van der Waals surface area contributed by atoms with E-state index >= 15 is 0 Å². The average molecular weight is 288 g/mol. The quantitative estimate of drug-likeness (QED) is 0.534. The zero-order valence-corrected chi connectivity index (χ0v) is 12.8. The van der Waals surface area contributed by atoms with Crippen molar-refractivity contribution in [2.24, 2.45) is 0 Å². The van der Waals surface area contributed by atoms with Gasteiger partial charge in [-0.05, 0) is 38.0 Å². The van der Waals surface area contributed by atoms with Crippen LogP contribution in [0.5, 0.6) is 0 Å². The third-order valence-electron chi connectivity index (χ3n) is 4.20. The SMILES string of the molecule is Cc1ccc(-c2nn3c(C)nnc3c3ccccc23)cc1C. The van der Waals surface area contributed by atoms with Crippen LogP contribution in [0.2, 0.25) is 0 Å². The number of hydrogen-bond donors (Lipinski definition) is 0. The number of aromatic nitrogens is 4. The van der Waals surface area contributed by atoms with Gasteiger partial charge in [-0.3, -0.25) is 0 Å². The van der Waals surface area contributed by atoms with Gasteiger partial charge in [-0.25, -0.2) is 0 Å². The maximum Gasteiger partial charge on any atom is 0.185 e. The molecule has 0 saturated carbocycles. The Bertz CT molecular complexity index is 1010. The van der Waals surface area contributed by atoms with Crippen molar-refractivity contribution in [3.8, 4) is 11.3 Å². The van der Waals surface area contributed by atoms with Crippen LogP contribution in [-0.2, 0) is 0 Å². The van der Waals surface area contributed by atoms with Crippen LogP contribution in [0, 0.1) is 20.8 Å². The summed E-state index contributed by atoms with van der Waals surface area (Å²) in [6, 6.07) is 14.7. The third kappa shape index (κ3) is 1.80. The maximum absolute atomic E-state index is 4.80. The minimum Gasteiger partial charge on any atom is -0.196 e. The second-order valence-electron chi connectivity index (χ2n) is 5.68. The molecule has 2 aromatic carbocycles. The highest BCUT2D eigenvalue weighted by Crippen LogP contribution is 2.29. The summed E-state index contributed by atoms with van der Waals surface area (Å²) in [5, 5.41) is 15.4.